The van der Waals surface area contributed by atoms with E-state index in [2.05, 4.69) is 5.32 Å². The second-order valence-electron chi connectivity index (χ2n) is 7.34. The number of carboxylic acid groups (broad SMARTS) is 1. The third-order valence-electron chi connectivity index (χ3n) is 5.39. The maximum Gasteiger partial charge on any atom is 0.317 e. The third-order valence-corrected chi connectivity index (χ3v) is 5.39. The van der Waals surface area contributed by atoms with E-state index in [0.717, 1.165) is 51.5 Å². The molecule has 2 amide bonds. The number of rotatable bonds is 11. The van der Waals surface area contributed by atoms with E-state index in [1.807, 2.05) is 4.90 Å². The minimum absolute atomic E-state index is 0.00972. The maximum atomic E-state index is 12.0. The summed E-state index contributed by atoms with van der Waals surface area (Å²) >= 11 is 0. The fourth-order valence-corrected chi connectivity index (χ4v) is 3.90. The Morgan fingerprint density at radius 2 is 1.92 bits per heavy atom. The number of unbranched alkanes of at least 4 members (excludes halogenated alkanes) is 3. The normalized spacial score (nSPS) is 22.8. The van der Waals surface area contributed by atoms with Crippen LogP contribution >= 0.6 is 0 Å². The van der Waals surface area contributed by atoms with Crippen molar-refractivity contribution in [1.82, 2.24) is 10.2 Å². The van der Waals surface area contributed by atoms with E-state index >= 15 is 0 Å². The Morgan fingerprint density at radius 3 is 2.62 bits per heavy atom. The highest BCUT2D eigenvalue weighted by molar-refractivity contribution is 5.76. The van der Waals surface area contributed by atoms with Crippen LogP contribution in [0.4, 0.5) is 4.79 Å². The summed E-state index contributed by atoms with van der Waals surface area (Å²) in [5.41, 5.74) is 0. The molecule has 1 aliphatic carbocycles. The van der Waals surface area contributed by atoms with Gasteiger partial charge in [-0.3, -0.25) is 4.79 Å². The summed E-state index contributed by atoms with van der Waals surface area (Å²) in [4.78, 5) is 24.3. The molecule has 1 saturated heterocycles. The molecule has 0 aromatic heterocycles. The fourth-order valence-electron chi connectivity index (χ4n) is 3.90. The predicted octanol–water partition coefficient (Wildman–Crippen LogP) is 2.75. The van der Waals surface area contributed by atoms with Crippen molar-refractivity contribution in [3.63, 3.8) is 0 Å². The number of hydrogen-bond donors (Lipinski definition) is 3. The molecule has 3 N–H and O–H groups in total. The molecule has 2 unspecified atom stereocenters. The molecule has 0 aromatic rings. The van der Waals surface area contributed by atoms with E-state index in [0.29, 0.717) is 18.9 Å². The second-order valence-corrected chi connectivity index (χ2v) is 7.34. The van der Waals surface area contributed by atoms with Gasteiger partial charge in [0.25, 0.3) is 0 Å². The van der Waals surface area contributed by atoms with Gasteiger partial charge in [-0.1, -0.05) is 32.1 Å². The number of carboxylic acids is 1. The maximum absolute atomic E-state index is 12.0. The van der Waals surface area contributed by atoms with Crippen LogP contribution in [0.3, 0.4) is 0 Å². The van der Waals surface area contributed by atoms with E-state index in [1.165, 1.54) is 12.8 Å². The summed E-state index contributed by atoms with van der Waals surface area (Å²) in [7, 11) is 0. The lowest BCUT2D eigenvalue weighted by atomic mass is 9.98. The van der Waals surface area contributed by atoms with E-state index in [1.54, 1.807) is 0 Å². The Bertz CT molecular complexity index is 410. The SMILES string of the molecule is O=C(O)CCCCCCC1CN(CCC(O)C2CCCC2)C(=O)N1. The number of nitrogens with zero attached hydrogens (tertiary/aromatic N) is 1. The van der Waals surface area contributed by atoms with Gasteiger partial charge in [-0.25, -0.2) is 4.79 Å². The van der Waals surface area contributed by atoms with E-state index in [4.69, 9.17) is 5.11 Å². The quantitative estimate of drug-likeness (QED) is 0.505. The summed E-state index contributed by atoms with van der Waals surface area (Å²) in [6, 6.07) is 0.185. The number of urea groups is 1. The zero-order valence-corrected chi connectivity index (χ0v) is 14.6. The van der Waals surface area contributed by atoms with Crippen molar-refractivity contribution in [2.45, 2.75) is 82.8 Å². The van der Waals surface area contributed by atoms with Gasteiger partial charge in [0.15, 0.2) is 0 Å². The number of aliphatic carboxylic acids is 1. The van der Waals surface area contributed by atoms with Crippen LogP contribution in [0, 0.1) is 5.92 Å². The third kappa shape index (κ3) is 6.30. The van der Waals surface area contributed by atoms with Crippen molar-refractivity contribution in [3.05, 3.63) is 0 Å². The molecule has 2 fully saturated rings. The van der Waals surface area contributed by atoms with E-state index in [9.17, 15) is 14.7 Å². The van der Waals surface area contributed by atoms with Crippen LogP contribution in [0.5, 0.6) is 0 Å². The number of hydrogen-bond acceptors (Lipinski definition) is 3. The Morgan fingerprint density at radius 1 is 1.21 bits per heavy atom. The van der Waals surface area contributed by atoms with Crippen LogP contribution in [0.2, 0.25) is 0 Å². The number of carbonyl (C=O) groups is 2. The first kappa shape index (κ1) is 19.0. The van der Waals surface area contributed by atoms with Crippen molar-refractivity contribution >= 4 is 12.0 Å². The van der Waals surface area contributed by atoms with Crippen molar-refractivity contribution in [2.75, 3.05) is 13.1 Å². The smallest absolute Gasteiger partial charge is 0.317 e. The number of aliphatic hydroxyl groups is 1. The fraction of sp³-hybridized carbons (Fsp3) is 0.889. The molecule has 0 aromatic carbocycles. The molecule has 24 heavy (non-hydrogen) atoms. The lowest BCUT2D eigenvalue weighted by Crippen LogP contribution is -2.32. The van der Waals surface area contributed by atoms with Gasteiger partial charge in [0.1, 0.15) is 0 Å². The number of aliphatic hydroxyl groups excluding tert-OH is 1. The van der Waals surface area contributed by atoms with E-state index in [-0.39, 0.29) is 24.6 Å². The highest BCUT2D eigenvalue weighted by Gasteiger charge is 2.29. The molecule has 1 aliphatic heterocycles. The van der Waals surface area contributed by atoms with Gasteiger partial charge in [0, 0.05) is 25.6 Å². The summed E-state index contributed by atoms with van der Waals surface area (Å²) < 4.78 is 0. The topological polar surface area (TPSA) is 89.9 Å². The molecule has 1 heterocycles. The molecular weight excluding hydrogens is 308 g/mol. The Hall–Kier alpha value is -1.30. The van der Waals surface area contributed by atoms with Gasteiger partial charge >= 0.3 is 12.0 Å². The number of amides is 2. The predicted molar refractivity (Wildman–Crippen MR) is 91.8 cm³/mol. The van der Waals surface area contributed by atoms with Crippen LogP contribution in [-0.2, 0) is 4.79 Å². The molecule has 2 aliphatic rings. The molecule has 0 bridgehead atoms. The standard InChI is InChI=1S/C18H32N2O4/c21-16(14-7-5-6-8-14)11-12-20-13-15(19-18(20)24)9-3-1-2-4-10-17(22)23/h14-16,21H,1-13H2,(H,19,24)(H,22,23). The summed E-state index contributed by atoms with van der Waals surface area (Å²) in [5, 5.41) is 21.8. The molecule has 0 radical (unpaired) electrons. The highest BCUT2D eigenvalue weighted by atomic mass is 16.4. The van der Waals surface area contributed by atoms with Crippen LogP contribution in [-0.4, -0.2) is 52.3 Å². The van der Waals surface area contributed by atoms with Crippen molar-refractivity contribution < 1.29 is 19.8 Å². The van der Waals surface area contributed by atoms with Crippen molar-refractivity contribution in [1.29, 1.82) is 0 Å². The van der Waals surface area contributed by atoms with Crippen LogP contribution < -0.4 is 5.32 Å². The van der Waals surface area contributed by atoms with Crippen LogP contribution in [0.25, 0.3) is 0 Å². The average Bonchev–Trinajstić information content (AvgIpc) is 3.18. The monoisotopic (exact) mass is 340 g/mol. The van der Waals surface area contributed by atoms with Crippen LogP contribution in [0.15, 0.2) is 0 Å². The number of carbonyl (C=O) groups excluding carboxylic acids is 1. The first-order valence-electron chi connectivity index (χ1n) is 9.51. The Balaban J connectivity index is 1.56. The zero-order chi connectivity index (χ0) is 17.4. The summed E-state index contributed by atoms with van der Waals surface area (Å²) in [6.07, 6.45) is 9.99. The van der Waals surface area contributed by atoms with Gasteiger partial charge in [-0.15, -0.1) is 0 Å². The lowest BCUT2D eigenvalue weighted by Gasteiger charge is -2.21. The Kier molecular flexibility index (Phi) is 7.82. The minimum atomic E-state index is -0.728. The molecule has 0 spiro atoms. The summed E-state index contributed by atoms with van der Waals surface area (Å²) in [5.74, 6) is -0.300. The van der Waals surface area contributed by atoms with Crippen molar-refractivity contribution in [2.24, 2.45) is 5.92 Å². The molecule has 2 atom stereocenters. The van der Waals surface area contributed by atoms with Gasteiger partial charge in [-0.05, 0) is 38.0 Å². The van der Waals surface area contributed by atoms with Gasteiger partial charge in [0.05, 0.1) is 6.10 Å². The zero-order valence-electron chi connectivity index (χ0n) is 14.6. The molecule has 1 saturated carbocycles. The molecular formula is C18H32N2O4. The largest absolute Gasteiger partial charge is 0.481 e. The van der Waals surface area contributed by atoms with Gasteiger partial charge < -0.3 is 20.4 Å². The van der Waals surface area contributed by atoms with Crippen LogP contribution in [0.1, 0.15) is 70.6 Å². The van der Waals surface area contributed by atoms with E-state index < -0.39 is 5.97 Å². The molecule has 2 rings (SSSR count). The minimum Gasteiger partial charge on any atom is -0.481 e. The van der Waals surface area contributed by atoms with Gasteiger partial charge in [0.2, 0.25) is 0 Å². The molecule has 6 nitrogen and oxygen atoms in total. The first-order chi connectivity index (χ1) is 11.6. The second kappa shape index (κ2) is 9.87. The number of nitrogens with one attached hydrogen (secondary N) is 1. The highest BCUT2D eigenvalue weighted by Crippen LogP contribution is 2.29. The molecule has 6 heteroatoms. The summed E-state index contributed by atoms with van der Waals surface area (Å²) in [6.45, 7) is 1.37. The van der Waals surface area contributed by atoms with Crippen molar-refractivity contribution in [3.8, 4) is 0 Å². The Labute approximate surface area is 144 Å². The first-order valence-corrected chi connectivity index (χ1v) is 9.51. The molecule has 138 valence electrons. The average molecular weight is 340 g/mol. The lowest BCUT2D eigenvalue weighted by molar-refractivity contribution is -0.137. The van der Waals surface area contributed by atoms with Gasteiger partial charge in [-0.2, -0.15) is 0 Å².